The Morgan fingerprint density at radius 3 is 2.50 bits per heavy atom. The van der Waals surface area contributed by atoms with E-state index in [2.05, 4.69) is 47.8 Å². The minimum atomic E-state index is -0.0836. The van der Waals surface area contributed by atoms with Crippen LogP contribution in [0.15, 0.2) is 0 Å². The first-order chi connectivity index (χ1) is 9.38. The van der Waals surface area contributed by atoms with Crippen molar-refractivity contribution >= 4 is 23.4 Å². The molecule has 112 valence electrons. The summed E-state index contributed by atoms with van der Waals surface area (Å²) in [5.41, 5.74) is 6.91. The lowest BCUT2D eigenvalue weighted by Gasteiger charge is -2.24. The van der Waals surface area contributed by atoms with Gasteiger partial charge in [0.15, 0.2) is 0 Å². The van der Waals surface area contributed by atoms with Crippen LogP contribution in [0.5, 0.6) is 0 Å². The molecule has 1 aliphatic heterocycles. The predicted octanol–water partition coefficient (Wildman–Crippen LogP) is 3.22. The highest BCUT2D eigenvalue weighted by atomic mass is 32.2. The molecule has 0 aromatic carbocycles. The fourth-order valence-corrected chi connectivity index (χ4v) is 3.44. The molecule has 2 heterocycles. The van der Waals surface area contributed by atoms with Crippen LogP contribution in [0.25, 0.3) is 0 Å². The zero-order valence-electron chi connectivity index (χ0n) is 13.0. The summed E-state index contributed by atoms with van der Waals surface area (Å²) < 4.78 is 0. The average molecular weight is 294 g/mol. The Kier molecular flexibility index (Phi) is 4.78. The third-order valence-corrected chi connectivity index (χ3v) is 4.80. The third-order valence-electron chi connectivity index (χ3n) is 3.75. The first-order valence-corrected chi connectivity index (χ1v) is 8.49. The molecule has 0 amide bonds. The van der Waals surface area contributed by atoms with Crippen LogP contribution in [0.4, 0.5) is 11.6 Å². The molecule has 2 rings (SSSR count). The zero-order chi connectivity index (χ0) is 14.8. The first kappa shape index (κ1) is 15.4. The second-order valence-electron chi connectivity index (χ2n) is 6.59. The molecule has 3 N–H and O–H groups in total. The van der Waals surface area contributed by atoms with Gasteiger partial charge in [0.05, 0.1) is 0 Å². The molecule has 1 aromatic heterocycles. The van der Waals surface area contributed by atoms with Crippen molar-refractivity contribution in [3.05, 3.63) is 11.4 Å². The van der Waals surface area contributed by atoms with Crippen LogP contribution in [-0.4, -0.2) is 28.0 Å². The number of rotatable bonds is 3. The van der Waals surface area contributed by atoms with Crippen LogP contribution in [0, 0.1) is 12.8 Å². The molecule has 1 fully saturated rings. The van der Waals surface area contributed by atoms with Gasteiger partial charge in [0.1, 0.15) is 17.5 Å². The standard InChI is InChI=1S/C15H26N4S/c1-10-12(16)18-14(15(2,3)4)19-13(10)17-9-11-5-7-20-8-6-11/h11H,5-9H2,1-4H3,(H3,16,17,18,19). The maximum absolute atomic E-state index is 6.03. The lowest BCUT2D eigenvalue weighted by molar-refractivity contribution is 0.513. The van der Waals surface area contributed by atoms with Gasteiger partial charge in [-0.05, 0) is 37.2 Å². The Balaban J connectivity index is 2.11. The maximum atomic E-state index is 6.03. The normalized spacial score (nSPS) is 17.2. The second-order valence-corrected chi connectivity index (χ2v) is 7.82. The van der Waals surface area contributed by atoms with E-state index in [1.807, 2.05) is 6.92 Å². The van der Waals surface area contributed by atoms with Crippen LogP contribution < -0.4 is 11.1 Å². The van der Waals surface area contributed by atoms with Crippen molar-refractivity contribution < 1.29 is 0 Å². The number of nitrogens with zero attached hydrogens (tertiary/aromatic N) is 2. The van der Waals surface area contributed by atoms with Crippen molar-refractivity contribution in [1.29, 1.82) is 0 Å². The summed E-state index contributed by atoms with van der Waals surface area (Å²) in [6.07, 6.45) is 2.59. The molecule has 5 heteroatoms. The summed E-state index contributed by atoms with van der Waals surface area (Å²) in [7, 11) is 0. The molecule has 1 aromatic rings. The van der Waals surface area contributed by atoms with Gasteiger partial charge < -0.3 is 11.1 Å². The van der Waals surface area contributed by atoms with Crippen LogP contribution in [0.1, 0.15) is 45.0 Å². The van der Waals surface area contributed by atoms with Gasteiger partial charge in [-0.3, -0.25) is 0 Å². The highest BCUT2D eigenvalue weighted by molar-refractivity contribution is 7.99. The smallest absolute Gasteiger partial charge is 0.138 e. The van der Waals surface area contributed by atoms with Gasteiger partial charge in [-0.1, -0.05) is 20.8 Å². The number of nitrogens with one attached hydrogen (secondary N) is 1. The lowest BCUT2D eigenvalue weighted by atomic mass is 9.95. The van der Waals surface area contributed by atoms with Crippen LogP contribution >= 0.6 is 11.8 Å². The van der Waals surface area contributed by atoms with Gasteiger partial charge in [0, 0.05) is 17.5 Å². The first-order valence-electron chi connectivity index (χ1n) is 7.34. The summed E-state index contributed by atoms with van der Waals surface area (Å²) in [6, 6.07) is 0. The Hall–Kier alpha value is -0.970. The summed E-state index contributed by atoms with van der Waals surface area (Å²) in [5, 5.41) is 3.50. The highest BCUT2D eigenvalue weighted by Crippen LogP contribution is 2.26. The molecule has 0 aliphatic carbocycles. The SMILES string of the molecule is Cc1c(N)nc(C(C)(C)C)nc1NCC1CCSCC1. The zero-order valence-corrected chi connectivity index (χ0v) is 13.8. The molecule has 0 unspecified atom stereocenters. The summed E-state index contributed by atoms with van der Waals surface area (Å²) in [5.74, 6) is 5.62. The van der Waals surface area contributed by atoms with Gasteiger partial charge in [0.2, 0.25) is 0 Å². The molecule has 0 saturated carbocycles. The van der Waals surface area contributed by atoms with Crippen molar-refractivity contribution in [3.8, 4) is 0 Å². The number of aromatic nitrogens is 2. The monoisotopic (exact) mass is 294 g/mol. The minimum Gasteiger partial charge on any atom is -0.383 e. The lowest BCUT2D eigenvalue weighted by Crippen LogP contribution is -2.23. The van der Waals surface area contributed by atoms with Gasteiger partial charge in [-0.25, -0.2) is 9.97 Å². The van der Waals surface area contributed by atoms with Crippen molar-refractivity contribution in [1.82, 2.24) is 9.97 Å². The second kappa shape index (κ2) is 6.20. The van der Waals surface area contributed by atoms with Gasteiger partial charge >= 0.3 is 0 Å². The number of nitrogen functional groups attached to an aromatic ring is 1. The van der Waals surface area contributed by atoms with E-state index in [-0.39, 0.29) is 5.41 Å². The van der Waals surface area contributed by atoms with E-state index in [0.717, 1.165) is 29.7 Å². The van der Waals surface area contributed by atoms with Crippen LogP contribution in [-0.2, 0) is 5.41 Å². The highest BCUT2D eigenvalue weighted by Gasteiger charge is 2.21. The van der Waals surface area contributed by atoms with Crippen LogP contribution in [0.3, 0.4) is 0 Å². The van der Waals surface area contributed by atoms with Crippen molar-refractivity contribution in [2.24, 2.45) is 5.92 Å². The van der Waals surface area contributed by atoms with Gasteiger partial charge in [0.25, 0.3) is 0 Å². The molecular weight excluding hydrogens is 268 g/mol. The molecule has 0 spiro atoms. The fraction of sp³-hybridized carbons (Fsp3) is 0.733. The predicted molar refractivity (Wildman–Crippen MR) is 88.4 cm³/mol. The van der Waals surface area contributed by atoms with E-state index >= 15 is 0 Å². The van der Waals surface area contributed by atoms with Crippen molar-refractivity contribution in [2.75, 3.05) is 29.1 Å². The third kappa shape index (κ3) is 3.78. The Labute approximate surface area is 126 Å². The summed E-state index contributed by atoms with van der Waals surface area (Å²) in [4.78, 5) is 9.10. The molecule has 20 heavy (non-hydrogen) atoms. The molecule has 0 bridgehead atoms. The van der Waals surface area contributed by atoms with Crippen LogP contribution in [0.2, 0.25) is 0 Å². The Morgan fingerprint density at radius 1 is 1.25 bits per heavy atom. The molecule has 1 aliphatic rings. The maximum Gasteiger partial charge on any atom is 0.138 e. The van der Waals surface area contributed by atoms with E-state index in [1.165, 1.54) is 24.3 Å². The van der Waals surface area contributed by atoms with Crippen molar-refractivity contribution in [3.63, 3.8) is 0 Å². The van der Waals surface area contributed by atoms with E-state index < -0.39 is 0 Å². The largest absolute Gasteiger partial charge is 0.383 e. The topological polar surface area (TPSA) is 63.8 Å². The summed E-state index contributed by atoms with van der Waals surface area (Å²) >= 11 is 2.06. The number of hydrogen-bond donors (Lipinski definition) is 2. The number of anilines is 2. The van der Waals surface area contributed by atoms with E-state index in [9.17, 15) is 0 Å². The Morgan fingerprint density at radius 2 is 1.90 bits per heavy atom. The van der Waals surface area contributed by atoms with E-state index in [1.54, 1.807) is 0 Å². The molecule has 4 nitrogen and oxygen atoms in total. The molecule has 0 atom stereocenters. The molecule has 0 radical (unpaired) electrons. The number of hydrogen-bond acceptors (Lipinski definition) is 5. The number of nitrogens with two attached hydrogens (primary N) is 1. The van der Waals surface area contributed by atoms with Gasteiger partial charge in [-0.15, -0.1) is 0 Å². The Bertz CT molecular complexity index is 462. The van der Waals surface area contributed by atoms with E-state index in [4.69, 9.17) is 5.73 Å². The molecule has 1 saturated heterocycles. The van der Waals surface area contributed by atoms with Gasteiger partial charge in [-0.2, -0.15) is 11.8 Å². The average Bonchev–Trinajstić information content (AvgIpc) is 2.40. The minimum absolute atomic E-state index is 0.0836. The quantitative estimate of drug-likeness (QED) is 0.896. The van der Waals surface area contributed by atoms with E-state index in [0.29, 0.717) is 5.82 Å². The van der Waals surface area contributed by atoms with Crippen molar-refractivity contribution in [2.45, 2.75) is 46.0 Å². The fourth-order valence-electron chi connectivity index (χ4n) is 2.23. The number of thioether (sulfide) groups is 1. The summed E-state index contributed by atoms with van der Waals surface area (Å²) in [6.45, 7) is 9.31. The molecular formula is C15H26N4S.